The summed E-state index contributed by atoms with van der Waals surface area (Å²) in [5.74, 6) is 6.02. The van der Waals surface area contributed by atoms with Crippen molar-refractivity contribution in [2.45, 2.75) is 136 Å². The second-order valence-corrected chi connectivity index (χ2v) is 11.6. The Hall–Kier alpha value is -0.520. The van der Waals surface area contributed by atoms with E-state index in [0.29, 0.717) is 0 Å². The molecular formula is C31H54. The standard InChI is InChI=1S/C31H54/c1-3-5-7-11-28-18-22-30(23-19-28)31-24-20-29(21-25-31)13-9-8-12-27-16-14-26(15-17-27)10-6-4-2/h6,8,10,12,26-31H,3-5,7,9,11,13-25H2,1-2H3. The van der Waals surface area contributed by atoms with Gasteiger partial charge in [0.1, 0.15) is 0 Å². The quantitative estimate of drug-likeness (QED) is 0.227. The number of allylic oxidation sites excluding steroid dienone is 4. The molecule has 0 heterocycles. The minimum atomic E-state index is 0.871. The van der Waals surface area contributed by atoms with Gasteiger partial charge in [0.05, 0.1) is 0 Å². The molecule has 0 amide bonds. The van der Waals surface area contributed by atoms with Gasteiger partial charge in [0.25, 0.3) is 0 Å². The summed E-state index contributed by atoms with van der Waals surface area (Å²) in [7, 11) is 0. The lowest BCUT2D eigenvalue weighted by Gasteiger charge is -2.38. The first-order valence-electron chi connectivity index (χ1n) is 14.6. The molecule has 3 fully saturated rings. The van der Waals surface area contributed by atoms with E-state index in [9.17, 15) is 0 Å². The molecular weight excluding hydrogens is 372 g/mol. The highest BCUT2D eigenvalue weighted by molar-refractivity contribution is 4.96. The summed E-state index contributed by atoms with van der Waals surface area (Å²) >= 11 is 0. The fourth-order valence-electron chi connectivity index (χ4n) is 7.06. The third-order valence-electron chi connectivity index (χ3n) is 9.28. The minimum Gasteiger partial charge on any atom is -0.0885 e. The first-order valence-corrected chi connectivity index (χ1v) is 14.6. The van der Waals surface area contributed by atoms with Gasteiger partial charge in [-0.1, -0.05) is 89.5 Å². The molecule has 0 nitrogen and oxygen atoms in total. The topological polar surface area (TPSA) is 0 Å². The van der Waals surface area contributed by atoms with Crippen LogP contribution in [0.25, 0.3) is 0 Å². The van der Waals surface area contributed by atoms with Crippen molar-refractivity contribution in [2.75, 3.05) is 0 Å². The predicted octanol–water partition coefficient (Wildman–Crippen LogP) is 10.3. The molecule has 0 spiro atoms. The van der Waals surface area contributed by atoms with Crippen molar-refractivity contribution in [3.63, 3.8) is 0 Å². The Balaban J connectivity index is 1.23. The molecule has 0 N–H and O–H groups in total. The predicted molar refractivity (Wildman–Crippen MR) is 138 cm³/mol. The van der Waals surface area contributed by atoms with Gasteiger partial charge in [-0.15, -0.1) is 0 Å². The largest absolute Gasteiger partial charge is 0.0885 e. The zero-order valence-corrected chi connectivity index (χ0v) is 21.2. The number of unbranched alkanes of at least 4 members (excludes halogenated alkanes) is 2. The van der Waals surface area contributed by atoms with E-state index >= 15 is 0 Å². The zero-order valence-electron chi connectivity index (χ0n) is 21.2. The third-order valence-corrected chi connectivity index (χ3v) is 9.28. The maximum Gasteiger partial charge on any atom is -0.0233 e. The summed E-state index contributed by atoms with van der Waals surface area (Å²) in [6, 6.07) is 0. The van der Waals surface area contributed by atoms with E-state index in [-0.39, 0.29) is 0 Å². The van der Waals surface area contributed by atoms with Gasteiger partial charge < -0.3 is 0 Å². The molecule has 0 radical (unpaired) electrons. The lowest BCUT2D eigenvalue weighted by atomic mass is 9.68. The lowest BCUT2D eigenvalue weighted by Crippen LogP contribution is -2.25. The van der Waals surface area contributed by atoms with Crippen molar-refractivity contribution >= 4 is 0 Å². The SMILES string of the molecule is CCC=CC1CCC(C=CCCC2CCC(C3CCC(CCCCC)CC3)CC2)CC1. The molecule has 0 heteroatoms. The summed E-state index contributed by atoms with van der Waals surface area (Å²) < 4.78 is 0. The first-order chi connectivity index (χ1) is 15.3. The van der Waals surface area contributed by atoms with Gasteiger partial charge in [-0.05, 0) is 106 Å². The monoisotopic (exact) mass is 426 g/mol. The van der Waals surface area contributed by atoms with Crippen molar-refractivity contribution in [3.8, 4) is 0 Å². The van der Waals surface area contributed by atoms with Crippen LogP contribution in [0.1, 0.15) is 136 Å². The molecule has 0 atom stereocenters. The Morgan fingerprint density at radius 1 is 0.548 bits per heavy atom. The van der Waals surface area contributed by atoms with Crippen molar-refractivity contribution in [1.29, 1.82) is 0 Å². The molecule has 31 heavy (non-hydrogen) atoms. The van der Waals surface area contributed by atoms with Crippen LogP contribution in [0, 0.1) is 35.5 Å². The highest BCUT2D eigenvalue weighted by atomic mass is 14.4. The highest BCUT2D eigenvalue weighted by Crippen LogP contribution is 2.43. The molecule has 0 unspecified atom stereocenters. The van der Waals surface area contributed by atoms with E-state index in [0.717, 1.165) is 35.5 Å². The molecule has 0 aromatic heterocycles. The summed E-state index contributed by atoms with van der Waals surface area (Å²) in [5, 5.41) is 0. The van der Waals surface area contributed by atoms with Crippen LogP contribution in [0.4, 0.5) is 0 Å². The summed E-state index contributed by atoms with van der Waals surface area (Å²) in [4.78, 5) is 0. The molecule has 0 saturated heterocycles. The second-order valence-electron chi connectivity index (χ2n) is 11.6. The van der Waals surface area contributed by atoms with Crippen LogP contribution >= 0.6 is 0 Å². The van der Waals surface area contributed by atoms with Crippen molar-refractivity contribution < 1.29 is 0 Å². The van der Waals surface area contributed by atoms with E-state index in [2.05, 4.69) is 38.2 Å². The van der Waals surface area contributed by atoms with Crippen LogP contribution in [-0.2, 0) is 0 Å². The maximum atomic E-state index is 2.59. The summed E-state index contributed by atoms with van der Waals surface area (Å²) in [5.41, 5.74) is 0. The molecule has 0 bridgehead atoms. The molecule has 3 aliphatic rings. The van der Waals surface area contributed by atoms with E-state index < -0.39 is 0 Å². The highest BCUT2D eigenvalue weighted by Gasteiger charge is 2.30. The Kier molecular flexibility index (Phi) is 11.8. The Morgan fingerprint density at radius 3 is 1.58 bits per heavy atom. The van der Waals surface area contributed by atoms with Gasteiger partial charge in [-0.25, -0.2) is 0 Å². The van der Waals surface area contributed by atoms with Crippen LogP contribution in [0.3, 0.4) is 0 Å². The average Bonchev–Trinajstić information content (AvgIpc) is 2.82. The third kappa shape index (κ3) is 9.09. The first kappa shape index (κ1) is 25.1. The normalized spacial score (nSPS) is 35.2. The van der Waals surface area contributed by atoms with Crippen LogP contribution < -0.4 is 0 Å². The van der Waals surface area contributed by atoms with Crippen molar-refractivity contribution in [2.24, 2.45) is 35.5 Å². The van der Waals surface area contributed by atoms with Crippen molar-refractivity contribution in [3.05, 3.63) is 24.3 Å². The van der Waals surface area contributed by atoms with Gasteiger partial charge in [0, 0.05) is 0 Å². The van der Waals surface area contributed by atoms with E-state index in [1.54, 1.807) is 38.5 Å². The molecule has 3 saturated carbocycles. The Bertz CT molecular complexity index is 490. The number of hydrogen-bond acceptors (Lipinski definition) is 0. The zero-order chi connectivity index (χ0) is 21.7. The van der Waals surface area contributed by atoms with Gasteiger partial charge in [0.2, 0.25) is 0 Å². The second kappa shape index (κ2) is 14.6. The lowest BCUT2D eigenvalue weighted by molar-refractivity contribution is 0.140. The fourth-order valence-corrected chi connectivity index (χ4v) is 7.06. The fraction of sp³-hybridized carbons (Fsp3) is 0.871. The van der Waals surface area contributed by atoms with E-state index in [4.69, 9.17) is 0 Å². The van der Waals surface area contributed by atoms with Crippen LogP contribution in [0.15, 0.2) is 24.3 Å². The Morgan fingerprint density at radius 2 is 1.06 bits per heavy atom. The smallest absolute Gasteiger partial charge is 0.0233 e. The molecule has 0 aromatic rings. The van der Waals surface area contributed by atoms with E-state index in [1.165, 1.54) is 83.5 Å². The molecule has 3 rings (SSSR count). The van der Waals surface area contributed by atoms with Gasteiger partial charge >= 0.3 is 0 Å². The van der Waals surface area contributed by atoms with Crippen LogP contribution in [0.5, 0.6) is 0 Å². The van der Waals surface area contributed by atoms with Gasteiger partial charge in [0.15, 0.2) is 0 Å². The molecule has 0 aliphatic heterocycles. The number of hydrogen-bond donors (Lipinski definition) is 0. The summed E-state index contributed by atoms with van der Waals surface area (Å²) in [6.07, 6.45) is 37.9. The maximum absolute atomic E-state index is 2.59. The summed E-state index contributed by atoms with van der Waals surface area (Å²) in [6.45, 7) is 4.58. The van der Waals surface area contributed by atoms with Gasteiger partial charge in [-0.2, -0.15) is 0 Å². The molecule has 3 aliphatic carbocycles. The van der Waals surface area contributed by atoms with Crippen LogP contribution in [0.2, 0.25) is 0 Å². The number of rotatable bonds is 11. The Labute approximate surface area is 195 Å². The molecule has 178 valence electrons. The van der Waals surface area contributed by atoms with E-state index in [1.807, 2.05) is 0 Å². The van der Waals surface area contributed by atoms with Crippen molar-refractivity contribution in [1.82, 2.24) is 0 Å². The average molecular weight is 427 g/mol. The minimum absolute atomic E-state index is 0.871. The van der Waals surface area contributed by atoms with Gasteiger partial charge in [-0.3, -0.25) is 0 Å². The van der Waals surface area contributed by atoms with Crippen LogP contribution in [-0.4, -0.2) is 0 Å². The molecule has 0 aromatic carbocycles.